The summed E-state index contributed by atoms with van der Waals surface area (Å²) in [6.07, 6.45) is 11.3. The lowest BCUT2D eigenvalue weighted by atomic mass is 10.4. The zero-order chi connectivity index (χ0) is 17.1. The number of aromatic amines is 1. The molecule has 1 aliphatic heterocycles. The maximum absolute atomic E-state index is 5.10. The van der Waals surface area contributed by atoms with Gasteiger partial charge in [-0.05, 0) is 25.0 Å². The first kappa shape index (κ1) is 15.4. The Morgan fingerprint density at radius 2 is 1.96 bits per heavy atom. The van der Waals surface area contributed by atoms with Crippen molar-refractivity contribution >= 4 is 22.6 Å². The Morgan fingerprint density at radius 1 is 1.08 bits per heavy atom. The molecule has 0 radical (unpaired) electrons. The second-order valence-corrected chi connectivity index (χ2v) is 5.73. The van der Waals surface area contributed by atoms with E-state index in [-0.39, 0.29) is 0 Å². The van der Waals surface area contributed by atoms with Gasteiger partial charge in [-0.15, -0.1) is 0 Å². The first-order valence-electron chi connectivity index (χ1n) is 8.21. The van der Waals surface area contributed by atoms with Crippen LogP contribution in [0.15, 0.2) is 43.4 Å². The SMILES string of the molecule is COc1cccn2ccnc12.c1nc(N2CCCC2)c2[nH]cnc2n1. The van der Waals surface area contributed by atoms with Crippen molar-refractivity contribution in [3.8, 4) is 5.75 Å². The molecule has 1 fully saturated rings. The average molecular weight is 337 g/mol. The molecule has 0 amide bonds. The molecule has 0 bridgehead atoms. The molecule has 0 aliphatic carbocycles. The quantitative estimate of drug-likeness (QED) is 0.604. The van der Waals surface area contributed by atoms with E-state index in [2.05, 4.69) is 29.8 Å². The second kappa shape index (κ2) is 6.76. The number of fused-ring (bicyclic) bond motifs is 2. The van der Waals surface area contributed by atoms with Crippen LogP contribution < -0.4 is 9.64 Å². The number of nitrogens with zero attached hydrogens (tertiary/aromatic N) is 6. The highest BCUT2D eigenvalue weighted by molar-refractivity contribution is 5.82. The fourth-order valence-electron chi connectivity index (χ4n) is 3.00. The van der Waals surface area contributed by atoms with Gasteiger partial charge in [0.2, 0.25) is 0 Å². The maximum Gasteiger partial charge on any atom is 0.182 e. The van der Waals surface area contributed by atoms with Gasteiger partial charge in [-0.1, -0.05) is 0 Å². The largest absolute Gasteiger partial charge is 0.493 e. The first-order chi connectivity index (χ1) is 12.4. The van der Waals surface area contributed by atoms with Gasteiger partial charge in [0.15, 0.2) is 22.9 Å². The van der Waals surface area contributed by atoms with Crippen molar-refractivity contribution in [2.75, 3.05) is 25.1 Å². The van der Waals surface area contributed by atoms with E-state index in [1.54, 1.807) is 26.0 Å². The average Bonchev–Trinajstić information content (AvgIpc) is 3.42. The summed E-state index contributed by atoms with van der Waals surface area (Å²) in [4.78, 5) is 22.0. The summed E-state index contributed by atoms with van der Waals surface area (Å²) in [7, 11) is 1.64. The molecule has 0 saturated carbocycles. The molecule has 5 rings (SSSR count). The van der Waals surface area contributed by atoms with E-state index < -0.39 is 0 Å². The highest BCUT2D eigenvalue weighted by atomic mass is 16.5. The number of ether oxygens (including phenoxy) is 1. The summed E-state index contributed by atoms with van der Waals surface area (Å²) in [5.41, 5.74) is 2.56. The molecule has 1 aliphatic rings. The molecule has 8 heteroatoms. The van der Waals surface area contributed by atoms with Crippen molar-refractivity contribution in [3.05, 3.63) is 43.4 Å². The third-order valence-corrected chi connectivity index (χ3v) is 4.21. The zero-order valence-corrected chi connectivity index (χ0v) is 14.0. The normalized spacial score (nSPS) is 13.9. The van der Waals surface area contributed by atoms with E-state index in [0.29, 0.717) is 0 Å². The molecule has 0 aromatic carbocycles. The van der Waals surface area contributed by atoms with Gasteiger partial charge < -0.3 is 19.0 Å². The van der Waals surface area contributed by atoms with Crippen LogP contribution in [0.5, 0.6) is 5.75 Å². The number of anilines is 1. The molecule has 8 nitrogen and oxygen atoms in total. The van der Waals surface area contributed by atoms with Crippen LogP contribution in [-0.4, -0.2) is 49.5 Å². The second-order valence-electron chi connectivity index (χ2n) is 5.73. The Kier molecular flexibility index (Phi) is 4.16. The molecule has 1 N–H and O–H groups in total. The van der Waals surface area contributed by atoms with Crippen LogP contribution in [0.3, 0.4) is 0 Å². The van der Waals surface area contributed by atoms with Crippen LogP contribution in [-0.2, 0) is 0 Å². The molecule has 1 saturated heterocycles. The van der Waals surface area contributed by atoms with Gasteiger partial charge >= 0.3 is 0 Å². The van der Waals surface area contributed by atoms with Gasteiger partial charge in [0, 0.05) is 31.7 Å². The molecular formula is C17H19N7O. The third kappa shape index (κ3) is 2.98. The molecule has 0 spiro atoms. The van der Waals surface area contributed by atoms with Gasteiger partial charge in [0.05, 0.1) is 13.4 Å². The fourth-order valence-corrected chi connectivity index (χ4v) is 3.00. The lowest BCUT2D eigenvalue weighted by Gasteiger charge is -2.15. The summed E-state index contributed by atoms with van der Waals surface area (Å²) in [6, 6.07) is 3.82. The monoisotopic (exact) mass is 337 g/mol. The molecule has 25 heavy (non-hydrogen) atoms. The summed E-state index contributed by atoms with van der Waals surface area (Å²) in [5, 5.41) is 0. The number of nitrogens with one attached hydrogen (secondary N) is 1. The number of aromatic nitrogens is 6. The Hall–Kier alpha value is -3.16. The molecule has 0 unspecified atom stereocenters. The summed E-state index contributed by atoms with van der Waals surface area (Å²) >= 11 is 0. The van der Waals surface area contributed by atoms with Gasteiger partial charge in [-0.2, -0.15) is 0 Å². The molecule has 4 aromatic heterocycles. The van der Waals surface area contributed by atoms with Gasteiger partial charge in [-0.3, -0.25) is 0 Å². The third-order valence-electron chi connectivity index (χ3n) is 4.21. The van der Waals surface area contributed by atoms with Crippen LogP contribution >= 0.6 is 0 Å². The lowest BCUT2D eigenvalue weighted by molar-refractivity contribution is 0.417. The highest BCUT2D eigenvalue weighted by Crippen LogP contribution is 2.23. The minimum absolute atomic E-state index is 0.752. The van der Waals surface area contributed by atoms with E-state index in [0.717, 1.165) is 41.5 Å². The van der Waals surface area contributed by atoms with E-state index >= 15 is 0 Å². The standard InChI is InChI=1S/C9H11N5.C8H8N2O/c1-2-4-14(3-1)9-7-8(11-5-10-7)12-6-13-9;1-11-7-3-2-5-10-6-4-9-8(7)10/h5-6H,1-4H2,(H,10,11,12,13);2-6H,1H3. The van der Waals surface area contributed by atoms with E-state index in [4.69, 9.17) is 4.74 Å². The Labute approximate surface area is 144 Å². The van der Waals surface area contributed by atoms with Crippen molar-refractivity contribution in [2.24, 2.45) is 0 Å². The predicted molar refractivity (Wildman–Crippen MR) is 94.9 cm³/mol. The van der Waals surface area contributed by atoms with Crippen molar-refractivity contribution < 1.29 is 4.74 Å². The van der Waals surface area contributed by atoms with Crippen LogP contribution in [0.25, 0.3) is 16.8 Å². The topological polar surface area (TPSA) is 84.2 Å². The van der Waals surface area contributed by atoms with E-state index in [1.165, 1.54) is 12.8 Å². The number of methoxy groups -OCH3 is 1. The molecule has 0 atom stereocenters. The minimum Gasteiger partial charge on any atom is -0.493 e. The number of hydrogen-bond acceptors (Lipinski definition) is 6. The number of H-pyrrole nitrogens is 1. The first-order valence-corrected chi connectivity index (χ1v) is 8.21. The maximum atomic E-state index is 5.10. The number of pyridine rings is 1. The lowest BCUT2D eigenvalue weighted by Crippen LogP contribution is -2.19. The van der Waals surface area contributed by atoms with Crippen molar-refractivity contribution in [3.63, 3.8) is 0 Å². The Balaban J connectivity index is 0.000000129. The molecule has 5 heterocycles. The fraction of sp³-hybridized carbons (Fsp3) is 0.294. The van der Waals surface area contributed by atoms with Crippen molar-refractivity contribution in [2.45, 2.75) is 12.8 Å². The minimum atomic E-state index is 0.752. The van der Waals surface area contributed by atoms with Gasteiger partial charge in [0.25, 0.3) is 0 Å². The highest BCUT2D eigenvalue weighted by Gasteiger charge is 2.17. The number of rotatable bonds is 2. The molecular weight excluding hydrogens is 318 g/mol. The van der Waals surface area contributed by atoms with Gasteiger partial charge in [0.1, 0.15) is 11.8 Å². The van der Waals surface area contributed by atoms with Crippen LogP contribution in [0.2, 0.25) is 0 Å². The molecule has 128 valence electrons. The Bertz CT molecular complexity index is 971. The van der Waals surface area contributed by atoms with E-state index in [9.17, 15) is 0 Å². The smallest absolute Gasteiger partial charge is 0.182 e. The van der Waals surface area contributed by atoms with Crippen molar-refractivity contribution in [1.82, 2.24) is 29.3 Å². The van der Waals surface area contributed by atoms with Crippen molar-refractivity contribution in [1.29, 1.82) is 0 Å². The molecule has 4 aromatic rings. The van der Waals surface area contributed by atoms with Crippen LogP contribution in [0.1, 0.15) is 12.8 Å². The van der Waals surface area contributed by atoms with Crippen LogP contribution in [0.4, 0.5) is 5.82 Å². The number of hydrogen-bond donors (Lipinski definition) is 1. The van der Waals surface area contributed by atoms with E-state index in [1.807, 2.05) is 28.9 Å². The summed E-state index contributed by atoms with van der Waals surface area (Å²) in [5.74, 6) is 1.79. The number of imidazole rings is 2. The Morgan fingerprint density at radius 3 is 2.80 bits per heavy atom. The zero-order valence-electron chi connectivity index (χ0n) is 14.0. The summed E-state index contributed by atoms with van der Waals surface area (Å²) < 4.78 is 7.02. The van der Waals surface area contributed by atoms with Gasteiger partial charge in [-0.25, -0.2) is 19.9 Å². The predicted octanol–water partition coefficient (Wildman–Crippen LogP) is 2.30. The van der Waals surface area contributed by atoms with Crippen LogP contribution in [0, 0.1) is 0 Å². The summed E-state index contributed by atoms with van der Waals surface area (Å²) in [6.45, 7) is 2.18.